The minimum absolute atomic E-state index is 0.0814. The quantitative estimate of drug-likeness (QED) is 0.458. The number of carbonyl (C=O) groups is 2. The van der Waals surface area contributed by atoms with Crippen molar-refractivity contribution in [3.05, 3.63) is 15.6 Å². The zero-order valence-corrected chi connectivity index (χ0v) is 11.6. The fourth-order valence-corrected chi connectivity index (χ4v) is 2.22. The molecule has 0 bridgehead atoms. The van der Waals surface area contributed by atoms with Gasteiger partial charge in [-0.15, -0.1) is 11.3 Å². The van der Waals surface area contributed by atoms with E-state index in [4.69, 9.17) is 0 Å². The van der Waals surface area contributed by atoms with E-state index < -0.39 is 18.8 Å². The third-order valence-electron chi connectivity index (χ3n) is 2.10. The van der Waals surface area contributed by atoms with Gasteiger partial charge in [0.1, 0.15) is 11.5 Å². The van der Waals surface area contributed by atoms with Gasteiger partial charge in [-0.25, -0.2) is 9.78 Å². The molecule has 0 spiro atoms. The lowest BCUT2D eigenvalue weighted by molar-refractivity contribution is -0.173. The fourth-order valence-electron chi connectivity index (χ4n) is 1.29. The van der Waals surface area contributed by atoms with Gasteiger partial charge in [0.05, 0.1) is 18.7 Å². The van der Waals surface area contributed by atoms with E-state index in [1.807, 2.05) is 0 Å². The van der Waals surface area contributed by atoms with Crippen LogP contribution in [0.2, 0.25) is 0 Å². The van der Waals surface area contributed by atoms with E-state index in [1.165, 1.54) is 6.92 Å². The minimum atomic E-state index is -4.38. The molecule has 0 radical (unpaired) electrons. The van der Waals surface area contributed by atoms with E-state index >= 15 is 0 Å². The third-order valence-corrected chi connectivity index (χ3v) is 3.31. The van der Waals surface area contributed by atoms with Crippen LogP contribution in [-0.4, -0.2) is 43.2 Å². The average Bonchev–Trinajstić information content (AvgIpc) is 2.77. The molecule has 1 heterocycles. The van der Waals surface area contributed by atoms with Crippen LogP contribution in [0.1, 0.15) is 32.1 Å². The summed E-state index contributed by atoms with van der Waals surface area (Å²) in [5, 5.41) is 0.345. The predicted octanol–water partition coefficient (Wildman–Crippen LogP) is 2.25. The van der Waals surface area contributed by atoms with Gasteiger partial charge in [0.25, 0.3) is 0 Å². The molecule has 0 unspecified atom stereocenters. The number of esters is 1. The van der Waals surface area contributed by atoms with Crippen molar-refractivity contribution >= 4 is 23.1 Å². The molecule has 0 saturated carbocycles. The lowest BCUT2D eigenvalue weighted by Gasteiger charge is -2.05. The smallest absolute Gasteiger partial charge is 0.411 e. The molecule has 1 aromatic rings. The molecular formula is C11H12F3NO4S. The SMILES string of the molecule is COC(=O)c1nc(CCOCC(F)(F)F)sc1C(C)=O. The van der Waals surface area contributed by atoms with Gasteiger partial charge in [-0.1, -0.05) is 0 Å². The van der Waals surface area contributed by atoms with Crippen LogP contribution in [-0.2, 0) is 15.9 Å². The number of halogens is 3. The summed E-state index contributed by atoms with van der Waals surface area (Å²) in [7, 11) is 1.15. The van der Waals surface area contributed by atoms with E-state index in [2.05, 4.69) is 14.5 Å². The van der Waals surface area contributed by atoms with Crippen molar-refractivity contribution in [1.82, 2.24) is 4.98 Å². The molecule has 112 valence electrons. The first-order valence-corrected chi connectivity index (χ1v) is 6.29. The molecule has 0 atom stereocenters. The highest BCUT2D eigenvalue weighted by Crippen LogP contribution is 2.21. The Morgan fingerprint density at radius 1 is 1.35 bits per heavy atom. The zero-order valence-electron chi connectivity index (χ0n) is 10.7. The van der Waals surface area contributed by atoms with E-state index in [0.717, 1.165) is 18.4 Å². The molecule has 0 amide bonds. The Bertz CT molecular complexity index is 498. The Morgan fingerprint density at radius 3 is 2.50 bits per heavy atom. The van der Waals surface area contributed by atoms with E-state index in [-0.39, 0.29) is 29.4 Å². The Morgan fingerprint density at radius 2 is 2.00 bits per heavy atom. The third kappa shape index (κ3) is 4.89. The van der Waals surface area contributed by atoms with Gasteiger partial charge in [0.2, 0.25) is 0 Å². The van der Waals surface area contributed by atoms with Gasteiger partial charge in [-0.05, 0) is 0 Å². The highest BCUT2D eigenvalue weighted by atomic mass is 32.1. The molecule has 0 aliphatic heterocycles. The molecule has 20 heavy (non-hydrogen) atoms. The molecule has 0 fully saturated rings. The summed E-state index contributed by atoms with van der Waals surface area (Å²) in [6, 6.07) is 0. The Labute approximate surface area is 116 Å². The number of thiazole rings is 1. The second kappa shape index (κ2) is 6.80. The number of rotatable bonds is 6. The van der Waals surface area contributed by atoms with E-state index in [9.17, 15) is 22.8 Å². The lowest BCUT2D eigenvalue weighted by Crippen LogP contribution is -2.17. The Kier molecular flexibility index (Phi) is 5.63. The van der Waals surface area contributed by atoms with Gasteiger partial charge in [0, 0.05) is 13.3 Å². The second-order valence-corrected chi connectivity index (χ2v) is 4.83. The average molecular weight is 311 g/mol. The van der Waals surface area contributed by atoms with Crippen molar-refractivity contribution in [1.29, 1.82) is 0 Å². The van der Waals surface area contributed by atoms with Crippen molar-refractivity contribution in [2.24, 2.45) is 0 Å². The molecule has 9 heteroatoms. The maximum atomic E-state index is 11.9. The van der Waals surface area contributed by atoms with Crippen molar-refractivity contribution in [2.45, 2.75) is 19.5 Å². The van der Waals surface area contributed by atoms with E-state index in [0.29, 0.717) is 5.01 Å². The summed E-state index contributed by atoms with van der Waals surface area (Å²) in [6.45, 7) is -0.281. The van der Waals surface area contributed by atoms with Crippen LogP contribution < -0.4 is 0 Å². The minimum Gasteiger partial charge on any atom is -0.464 e. The van der Waals surface area contributed by atoms with Crippen LogP contribution in [0.25, 0.3) is 0 Å². The number of hydrogen-bond donors (Lipinski definition) is 0. The molecule has 1 aromatic heterocycles. The van der Waals surface area contributed by atoms with Crippen LogP contribution >= 0.6 is 11.3 Å². The molecular weight excluding hydrogens is 299 g/mol. The van der Waals surface area contributed by atoms with Crippen molar-refractivity contribution < 1.29 is 32.2 Å². The van der Waals surface area contributed by atoms with Crippen molar-refractivity contribution in [2.75, 3.05) is 20.3 Å². The number of hydrogen-bond acceptors (Lipinski definition) is 6. The van der Waals surface area contributed by atoms with Gasteiger partial charge >= 0.3 is 12.1 Å². The fraction of sp³-hybridized carbons (Fsp3) is 0.545. The summed E-state index contributed by atoms with van der Waals surface area (Å²) in [4.78, 5) is 26.8. The maximum Gasteiger partial charge on any atom is 0.411 e. The standard InChI is InChI=1S/C11H12F3NO4S/c1-6(16)9-8(10(17)18-2)15-7(20-9)3-4-19-5-11(12,13)14/h3-5H2,1-2H3. The second-order valence-electron chi connectivity index (χ2n) is 3.75. The first-order valence-electron chi connectivity index (χ1n) is 5.48. The monoisotopic (exact) mass is 311 g/mol. The highest BCUT2D eigenvalue weighted by Gasteiger charge is 2.27. The van der Waals surface area contributed by atoms with Crippen LogP contribution in [0.3, 0.4) is 0 Å². The Hall–Kier alpha value is -1.48. The van der Waals surface area contributed by atoms with Gasteiger partial charge in [0.15, 0.2) is 11.5 Å². The van der Waals surface area contributed by atoms with Crippen LogP contribution in [0, 0.1) is 0 Å². The summed E-state index contributed by atoms with van der Waals surface area (Å²) in [5.41, 5.74) is -0.115. The lowest BCUT2D eigenvalue weighted by atomic mass is 10.3. The highest BCUT2D eigenvalue weighted by molar-refractivity contribution is 7.14. The van der Waals surface area contributed by atoms with E-state index in [1.54, 1.807) is 0 Å². The van der Waals surface area contributed by atoms with Crippen molar-refractivity contribution in [3.8, 4) is 0 Å². The topological polar surface area (TPSA) is 65.5 Å². The number of carbonyl (C=O) groups excluding carboxylic acids is 2. The summed E-state index contributed by atoms with van der Waals surface area (Å²) < 4.78 is 44.5. The summed E-state index contributed by atoms with van der Waals surface area (Å²) in [5.74, 6) is -1.11. The molecule has 1 rings (SSSR count). The number of ether oxygens (including phenoxy) is 2. The first kappa shape index (κ1) is 16.6. The first-order chi connectivity index (χ1) is 9.24. The summed E-state index contributed by atoms with van der Waals surface area (Å²) in [6.07, 6.45) is -4.30. The molecule has 0 saturated heterocycles. The summed E-state index contributed by atoms with van der Waals surface area (Å²) >= 11 is 0.946. The number of aromatic nitrogens is 1. The van der Waals surface area contributed by atoms with Gasteiger partial charge in [-0.3, -0.25) is 4.79 Å². The number of methoxy groups -OCH3 is 1. The van der Waals surface area contributed by atoms with Gasteiger partial charge < -0.3 is 9.47 Å². The zero-order chi connectivity index (χ0) is 15.3. The van der Waals surface area contributed by atoms with Crippen LogP contribution in [0.15, 0.2) is 0 Å². The number of nitrogens with zero attached hydrogens (tertiary/aromatic N) is 1. The van der Waals surface area contributed by atoms with Crippen LogP contribution in [0.5, 0.6) is 0 Å². The number of ketones is 1. The molecule has 0 aliphatic rings. The Balaban J connectivity index is 2.68. The molecule has 0 aromatic carbocycles. The normalized spacial score (nSPS) is 11.4. The molecule has 0 N–H and O–H groups in total. The van der Waals surface area contributed by atoms with Gasteiger partial charge in [-0.2, -0.15) is 13.2 Å². The predicted molar refractivity (Wildman–Crippen MR) is 64.0 cm³/mol. The number of Topliss-reactive ketones (excluding diaryl/α,β-unsaturated/α-hetero) is 1. The van der Waals surface area contributed by atoms with Crippen LogP contribution in [0.4, 0.5) is 13.2 Å². The molecule has 0 aliphatic carbocycles. The maximum absolute atomic E-state index is 11.9. The number of alkyl halides is 3. The van der Waals surface area contributed by atoms with Crippen molar-refractivity contribution in [3.63, 3.8) is 0 Å². The molecule has 5 nitrogen and oxygen atoms in total. The largest absolute Gasteiger partial charge is 0.464 e.